The van der Waals surface area contributed by atoms with Crippen molar-refractivity contribution in [3.05, 3.63) is 12.3 Å². The molecule has 0 rings (SSSR count). The van der Waals surface area contributed by atoms with E-state index in [-0.39, 0.29) is 0 Å². The summed E-state index contributed by atoms with van der Waals surface area (Å²) in [5, 5.41) is 0. The van der Waals surface area contributed by atoms with Crippen LogP contribution in [0.25, 0.3) is 0 Å². The molecule has 0 bridgehead atoms. The predicted molar refractivity (Wildman–Crippen MR) is 39.0 cm³/mol. The number of ether oxygens (including phenoxy) is 1. The fourth-order valence-electron chi connectivity index (χ4n) is 0.455. The van der Waals surface area contributed by atoms with E-state index < -0.39 is 0 Å². The van der Waals surface area contributed by atoms with Crippen molar-refractivity contribution in [2.75, 3.05) is 34.9 Å². The molecule has 0 aliphatic heterocycles. The molecule has 0 aromatic carbocycles. The molecule has 0 atom stereocenters. The molecule has 2 nitrogen and oxygen atoms in total. The minimum absolute atomic E-state index is 0.704. The van der Waals surface area contributed by atoms with Crippen molar-refractivity contribution in [3.8, 4) is 0 Å². The van der Waals surface area contributed by atoms with Gasteiger partial charge in [0.1, 0.15) is 0 Å². The van der Waals surface area contributed by atoms with E-state index in [1.165, 1.54) is 0 Å². The van der Waals surface area contributed by atoms with Gasteiger partial charge in [-0.2, -0.15) is 0 Å². The van der Waals surface area contributed by atoms with Crippen molar-refractivity contribution >= 4 is 0 Å². The lowest BCUT2D eigenvalue weighted by Gasteiger charge is -2.16. The lowest BCUT2D eigenvalue weighted by molar-refractivity contribution is -0.817. The molecule has 0 aromatic rings. The molecule has 0 radical (unpaired) electrons. The second-order valence-corrected chi connectivity index (χ2v) is 2.96. The molecule has 0 saturated carbocycles. The summed E-state index contributed by atoms with van der Waals surface area (Å²) in [4.78, 5) is 0. The van der Waals surface area contributed by atoms with Crippen LogP contribution in [0.5, 0.6) is 0 Å². The van der Waals surface area contributed by atoms with E-state index in [0.29, 0.717) is 6.61 Å². The van der Waals surface area contributed by atoms with Gasteiger partial charge in [-0.3, -0.25) is 0 Å². The molecule has 0 fully saturated rings. The lowest BCUT2D eigenvalue weighted by atomic mass is 10.5. The third-order valence-electron chi connectivity index (χ3n) is 0.816. The van der Waals surface area contributed by atoms with Gasteiger partial charge in [-0.05, 0) is 6.08 Å². The fraction of sp³-hybridized carbons (Fsp3) is 0.714. The van der Waals surface area contributed by atoms with Gasteiger partial charge in [0.2, 0.25) is 0 Å². The van der Waals surface area contributed by atoms with Gasteiger partial charge in [-0.25, -0.2) is 0 Å². The van der Waals surface area contributed by atoms with E-state index in [9.17, 15) is 0 Å². The molecule has 0 aliphatic rings. The van der Waals surface area contributed by atoms with Crippen LogP contribution in [-0.4, -0.2) is 39.3 Å². The van der Waals surface area contributed by atoms with Gasteiger partial charge < -0.3 is 9.22 Å². The zero-order valence-electron chi connectivity index (χ0n) is 6.72. The average Bonchev–Trinajstić information content (AvgIpc) is 1.63. The van der Waals surface area contributed by atoms with Crippen molar-refractivity contribution in [3.63, 3.8) is 0 Å². The molecule has 0 spiro atoms. The van der Waals surface area contributed by atoms with Crippen LogP contribution in [0.1, 0.15) is 0 Å². The van der Waals surface area contributed by atoms with Gasteiger partial charge in [0, 0.05) is 7.11 Å². The summed E-state index contributed by atoms with van der Waals surface area (Å²) in [6, 6.07) is 0. The molecule has 0 aliphatic carbocycles. The van der Waals surface area contributed by atoms with Crippen LogP contribution >= 0.6 is 0 Å². The molecule has 0 aromatic heterocycles. The summed E-state index contributed by atoms with van der Waals surface area (Å²) in [6.45, 7) is 0.704. The summed E-state index contributed by atoms with van der Waals surface area (Å²) in [6.07, 6.45) is 4.10. The second kappa shape index (κ2) is 3.64. The highest BCUT2D eigenvalue weighted by Crippen LogP contribution is 1.90. The highest BCUT2D eigenvalue weighted by atomic mass is 16.5. The van der Waals surface area contributed by atoms with Crippen LogP contribution in [0.2, 0.25) is 0 Å². The van der Waals surface area contributed by atoms with Crippen LogP contribution < -0.4 is 0 Å². The fourth-order valence-corrected chi connectivity index (χ4v) is 0.455. The van der Waals surface area contributed by atoms with Crippen LogP contribution in [0.3, 0.4) is 0 Å². The SMILES string of the molecule is COCC=C[N+](C)(C)C. The van der Waals surface area contributed by atoms with E-state index in [1.807, 2.05) is 6.08 Å². The quantitative estimate of drug-likeness (QED) is 0.515. The molecule has 0 N–H and O–H groups in total. The molecular weight excluding hydrogens is 114 g/mol. The van der Waals surface area contributed by atoms with E-state index >= 15 is 0 Å². The summed E-state index contributed by atoms with van der Waals surface area (Å²) in [7, 11) is 8.00. The second-order valence-electron chi connectivity index (χ2n) is 2.96. The van der Waals surface area contributed by atoms with Gasteiger partial charge >= 0.3 is 0 Å². The minimum Gasteiger partial charge on any atom is -0.380 e. The summed E-state index contributed by atoms with van der Waals surface area (Å²) in [5.41, 5.74) is 0. The van der Waals surface area contributed by atoms with Gasteiger partial charge in [-0.1, -0.05) is 0 Å². The summed E-state index contributed by atoms with van der Waals surface area (Å²) < 4.78 is 5.69. The first-order valence-corrected chi connectivity index (χ1v) is 3.04. The third kappa shape index (κ3) is 7.66. The third-order valence-corrected chi connectivity index (χ3v) is 0.816. The molecule has 0 heterocycles. The Hall–Kier alpha value is -0.340. The van der Waals surface area contributed by atoms with Crippen LogP contribution in [0.4, 0.5) is 0 Å². The van der Waals surface area contributed by atoms with Crippen molar-refractivity contribution in [1.29, 1.82) is 0 Å². The normalized spacial score (nSPS) is 12.9. The van der Waals surface area contributed by atoms with Crippen molar-refractivity contribution < 1.29 is 9.22 Å². The Morgan fingerprint density at radius 3 is 2.22 bits per heavy atom. The summed E-state index contributed by atoms with van der Waals surface area (Å²) >= 11 is 0. The zero-order chi connectivity index (χ0) is 7.33. The van der Waals surface area contributed by atoms with Gasteiger partial charge in [-0.15, -0.1) is 0 Å². The van der Waals surface area contributed by atoms with Gasteiger partial charge in [0.15, 0.2) is 0 Å². The summed E-state index contributed by atoms with van der Waals surface area (Å²) in [5.74, 6) is 0. The smallest absolute Gasteiger partial charge is 0.0934 e. The zero-order valence-corrected chi connectivity index (χ0v) is 6.72. The first-order chi connectivity index (χ1) is 4.06. The molecular formula is C7H16NO+. The van der Waals surface area contributed by atoms with Crippen LogP contribution in [0.15, 0.2) is 12.3 Å². The van der Waals surface area contributed by atoms with Gasteiger partial charge in [0.05, 0.1) is 33.9 Å². The molecule has 0 unspecified atom stereocenters. The molecule has 54 valence electrons. The van der Waals surface area contributed by atoms with E-state index in [2.05, 4.69) is 27.3 Å². The van der Waals surface area contributed by atoms with Crippen LogP contribution in [0, 0.1) is 0 Å². The number of quaternary nitrogens is 1. The highest BCUT2D eigenvalue weighted by molar-refractivity contribution is 4.71. The molecule has 2 heteroatoms. The van der Waals surface area contributed by atoms with E-state index in [1.54, 1.807) is 7.11 Å². The Morgan fingerprint density at radius 1 is 1.33 bits per heavy atom. The Bertz CT molecular complexity index is 91.6. The number of rotatable bonds is 3. The number of hydrogen-bond donors (Lipinski definition) is 0. The highest BCUT2D eigenvalue weighted by Gasteiger charge is 1.97. The molecule has 0 saturated heterocycles. The Kier molecular flexibility index (Phi) is 3.50. The minimum atomic E-state index is 0.704. The van der Waals surface area contributed by atoms with Crippen LogP contribution in [-0.2, 0) is 4.74 Å². The van der Waals surface area contributed by atoms with Crippen molar-refractivity contribution in [1.82, 2.24) is 0 Å². The topological polar surface area (TPSA) is 9.23 Å². The standard InChI is InChI=1S/C7H16NO/c1-8(2,3)6-5-7-9-4/h5-6H,7H2,1-4H3/q+1. The monoisotopic (exact) mass is 130 g/mol. The Balaban J connectivity index is 3.45. The molecule has 9 heavy (non-hydrogen) atoms. The Labute approximate surface area is 57.3 Å². The maximum Gasteiger partial charge on any atom is 0.0934 e. The first kappa shape index (κ1) is 8.66. The van der Waals surface area contributed by atoms with Crippen molar-refractivity contribution in [2.24, 2.45) is 0 Å². The largest absolute Gasteiger partial charge is 0.380 e. The number of methoxy groups -OCH3 is 1. The average molecular weight is 130 g/mol. The number of hydrogen-bond acceptors (Lipinski definition) is 1. The molecule has 0 amide bonds. The Morgan fingerprint density at radius 2 is 1.89 bits per heavy atom. The maximum atomic E-state index is 4.84. The van der Waals surface area contributed by atoms with E-state index in [0.717, 1.165) is 4.48 Å². The predicted octanol–water partition coefficient (Wildman–Crippen LogP) is 0.853. The first-order valence-electron chi connectivity index (χ1n) is 3.04. The lowest BCUT2D eigenvalue weighted by Crippen LogP contribution is -2.26. The maximum absolute atomic E-state index is 4.84. The van der Waals surface area contributed by atoms with Gasteiger partial charge in [0.25, 0.3) is 0 Å². The number of nitrogens with zero attached hydrogens (tertiary/aromatic N) is 1. The van der Waals surface area contributed by atoms with E-state index in [4.69, 9.17) is 4.74 Å². The van der Waals surface area contributed by atoms with Crippen molar-refractivity contribution in [2.45, 2.75) is 0 Å².